The SMILES string of the molecule is CCCCCCCCc1nc2c3cc(-c4ccc(/C=C(\C#N)C(=O)O)s4)sc3c3sc(-c4ccc(-c5ccc6c(c5)C5CCCC5N6c5ccc(C)cc5)c5nc(-c6ccccc6)c(-c6ccccc6)nc45)cc3c2nc1CCCCCCCC. The van der Waals surface area contributed by atoms with E-state index in [1.807, 2.05) is 18.2 Å². The summed E-state index contributed by atoms with van der Waals surface area (Å²) in [6.07, 6.45) is 21.4. The van der Waals surface area contributed by atoms with E-state index in [0.717, 1.165) is 133 Å². The Balaban J connectivity index is 1.02. The van der Waals surface area contributed by atoms with Crippen molar-refractivity contribution >= 4 is 99.7 Å². The van der Waals surface area contributed by atoms with Crippen LogP contribution in [-0.4, -0.2) is 37.1 Å². The number of nitriles is 1. The van der Waals surface area contributed by atoms with E-state index in [9.17, 15) is 15.2 Å². The molecule has 13 rings (SSSR count). The molecule has 2 aliphatic rings. The normalized spacial score (nSPS) is 14.9. The van der Waals surface area contributed by atoms with Crippen molar-refractivity contribution in [3.05, 3.63) is 172 Å². The molecule has 85 heavy (non-hydrogen) atoms. The van der Waals surface area contributed by atoms with E-state index >= 15 is 0 Å². The zero-order valence-corrected chi connectivity index (χ0v) is 51.2. The number of benzene rings is 6. The van der Waals surface area contributed by atoms with Crippen molar-refractivity contribution in [3.63, 3.8) is 0 Å². The summed E-state index contributed by atoms with van der Waals surface area (Å²) in [6, 6.07) is 52.7. The van der Waals surface area contributed by atoms with E-state index in [-0.39, 0.29) is 5.57 Å². The van der Waals surface area contributed by atoms with Crippen molar-refractivity contribution in [3.8, 4) is 59.9 Å². The second-order valence-corrected chi connectivity index (χ2v) is 26.5. The Bertz CT molecular complexity index is 4340. The molecular formula is C74H70N6O2S3. The van der Waals surface area contributed by atoms with Crippen LogP contribution in [-0.2, 0) is 17.6 Å². The molecule has 0 bridgehead atoms. The first-order valence-corrected chi connectivity index (χ1v) is 33.3. The molecule has 5 aromatic heterocycles. The number of carboxylic acid groups (broad SMARTS) is 1. The number of hydrogen-bond donors (Lipinski definition) is 1. The number of anilines is 2. The lowest BCUT2D eigenvalue weighted by Gasteiger charge is -2.27. The Kier molecular flexibility index (Phi) is 16.5. The number of aliphatic carboxylic acids is 1. The fraction of sp³-hybridized carbons (Fsp3) is 0.297. The number of thiophene rings is 3. The molecule has 2 unspecified atom stereocenters. The molecule has 6 heterocycles. The number of carboxylic acids is 1. The number of aryl methyl sites for hydroxylation is 3. The Morgan fingerprint density at radius 1 is 0.588 bits per heavy atom. The molecule has 1 fully saturated rings. The van der Waals surface area contributed by atoms with Crippen LogP contribution in [0.15, 0.2) is 145 Å². The van der Waals surface area contributed by atoms with Gasteiger partial charge in [0.05, 0.1) is 54.2 Å². The van der Waals surface area contributed by atoms with Crippen molar-refractivity contribution in [2.24, 2.45) is 0 Å². The molecule has 1 aliphatic heterocycles. The molecule has 426 valence electrons. The summed E-state index contributed by atoms with van der Waals surface area (Å²) in [4.78, 5) is 41.6. The van der Waals surface area contributed by atoms with Gasteiger partial charge >= 0.3 is 5.97 Å². The Hall–Kier alpha value is -7.88. The first kappa shape index (κ1) is 56.3. The highest BCUT2D eigenvalue weighted by Gasteiger charge is 2.42. The number of carbonyl (C=O) groups is 1. The van der Waals surface area contributed by atoms with Crippen LogP contribution in [0.2, 0.25) is 0 Å². The fourth-order valence-electron chi connectivity index (χ4n) is 13.2. The monoisotopic (exact) mass is 1170 g/mol. The molecule has 11 heteroatoms. The summed E-state index contributed by atoms with van der Waals surface area (Å²) >= 11 is 5.03. The highest BCUT2D eigenvalue weighted by atomic mass is 32.1. The van der Waals surface area contributed by atoms with Gasteiger partial charge in [-0.25, -0.2) is 24.7 Å². The van der Waals surface area contributed by atoms with E-state index in [4.69, 9.17) is 19.9 Å². The van der Waals surface area contributed by atoms with Gasteiger partial charge in [-0.15, -0.1) is 34.0 Å². The molecule has 8 nitrogen and oxygen atoms in total. The number of unbranched alkanes of at least 4 members (excludes halogenated alkanes) is 10. The van der Waals surface area contributed by atoms with E-state index in [1.54, 1.807) is 22.7 Å². The zero-order valence-electron chi connectivity index (χ0n) is 48.8. The number of hydrogen-bond acceptors (Lipinski definition) is 10. The first-order chi connectivity index (χ1) is 41.8. The maximum atomic E-state index is 11.9. The number of fused-ring (bicyclic) bond motifs is 10. The largest absolute Gasteiger partial charge is 0.477 e. The summed E-state index contributed by atoms with van der Waals surface area (Å²) in [5.41, 5.74) is 17.7. The molecule has 0 amide bonds. The lowest BCUT2D eigenvalue weighted by molar-refractivity contribution is -0.132. The van der Waals surface area contributed by atoms with E-state index in [1.165, 1.54) is 123 Å². The Morgan fingerprint density at radius 2 is 1.16 bits per heavy atom. The average Bonchev–Trinajstić information content (AvgIpc) is 2.11. The molecule has 6 aromatic carbocycles. The minimum atomic E-state index is -1.23. The second kappa shape index (κ2) is 25.0. The van der Waals surface area contributed by atoms with Crippen molar-refractivity contribution in [2.45, 2.75) is 142 Å². The quantitative estimate of drug-likeness (QED) is 0.0405. The van der Waals surface area contributed by atoms with Crippen molar-refractivity contribution in [1.29, 1.82) is 5.26 Å². The van der Waals surface area contributed by atoms with Crippen LogP contribution in [0.3, 0.4) is 0 Å². The summed E-state index contributed by atoms with van der Waals surface area (Å²) in [5.74, 6) is -0.779. The van der Waals surface area contributed by atoms with Crippen LogP contribution >= 0.6 is 34.0 Å². The third kappa shape index (κ3) is 11.2. The Labute approximate surface area is 510 Å². The van der Waals surface area contributed by atoms with Gasteiger partial charge in [-0.2, -0.15) is 5.26 Å². The van der Waals surface area contributed by atoms with Crippen LogP contribution in [0.5, 0.6) is 0 Å². The topological polar surface area (TPSA) is 116 Å². The van der Waals surface area contributed by atoms with Crippen LogP contribution in [0.1, 0.15) is 143 Å². The van der Waals surface area contributed by atoms with Crippen LogP contribution in [0.4, 0.5) is 11.4 Å². The van der Waals surface area contributed by atoms with Gasteiger partial charge in [-0.3, -0.25) is 0 Å². The van der Waals surface area contributed by atoms with Crippen LogP contribution in [0, 0.1) is 18.3 Å². The zero-order chi connectivity index (χ0) is 58.0. The number of nitrogens with zero attached hydrogens (tertiary/aromatic N) is 6. The minimum absolute atomic E-state index is 0.286. The average molecular weight is 1170 g/mol. The molecule has 11 aromatic rings. The first-order valence-electron chi connectivity index (χ1n) is 30.9. The molecule has 0 spiro atoms. The van der Waals surface area contributed by atoms with Gasteiger partial charge in [-0.1, -0.05) is 181 Å². The van der Waals surface area contributed by atoms with Gasteiger partial charge in [0.1, 0.15) is 11.6 Å². The van der Waals surface area contributed by atoms with Crippen molar-refractivity contribution in [1.82, 2.24) is 19.9 Å². The summed E-state index contributed by atoms with van der Waals surface area (Å²) in [7, 11) is 0. The minimum Gasteiger partial charge on any atom is -0.477 e. The summed E-state index contributed by atoms with van der Waals surface area (Å²) in [5, 5.41) is 21.5. The summed E-state index contributed by atoms with van der Waals surface area (Å²) < 4.78 is 2.31. The lowest BCUT2D eigenvalue weighted by atomic mass is 9.92. The molecule has 1 saturated carbocycles. The van der Waals surface area contributed by atoms with Gasteiger partial charge in [-0.05, 0) is 111 Å². The van der Waals surface area contributed by atoms with Gasteiger partial charge < -0.3 is 10.0 Å². The maximum Gasteiger partial charge on any atom is 0.346 e. The summed E-state index contributed by atoms with van der Waals surface area (Å²) in [6.45, 7) is 6.71. The van der Waals surface area contributed by atoms with E-state index in [2.05, 4.69) is 153 Å². The molecular weight excluding hydrogens is 1100 g/mol. The molecule has 1 aliphatic carbocycles. The van der Waals surface area contributed by atoms with E-state index < -0.39 is 5.97 Å². The van der Waals surface area contributed by atoms with Gasteiger partial charge in [0, 0.05) is 75.9 Å². The van der Waals surface area contributed by atoms with Gasteiger partial charge in [0.25, 0.3) is 0 Å². The van der Waals surface area contributed by atoms with Gasteiger partial charge in [0.2, 0.25) is 0 Å². The van der Waals surface area contributed by atoms with E-state index in [0.29, 0.717) is 16.8 Å². The lowest BCUT2D eigenvalue weighted by Crippen LogP contribution is -2.26. The molecule has 1 N–H and O–H groups in total. The van der Waals surface area contributed by atoms with Crippen molar-refractivity contribution in [2.75, 3.05) is 4.90 Å². The highest BCUT2D eigenvalue weighted by Crippen LogP contribution is 2.54. The Morgan fingerprint density at radius 3 is 1.78 bits per heavy atom. The third-order valence-corrected chi connectivity index (χ3v) is 21.3. The molecule has 0 saturated heterocycles. The number of rotatable bonds is 22. The van der Waals surface area contributed by atoms with Gasteiger partial charge in [0.15, 0.2) is 0 Å². The molecule has 0 radical (unpaired) electrons. The van der Waals surface area contributed by atoms with Crippen LogP contribution in [0.25, 0.3) is 102 Å². The molecule has 2 atom stereocenters. The maximum absolute atomic E-state index is 11.9. The van der Waals surface area contributed by atoms with Crippen LogP contribution < -0.4 is 4.90 Å². The predicted molar refractivity (Wildman–Crippen MR) is 358 cm³/mol. The predicted octanol–water partition coefficient (Wildman–Crippen LogP) is 21.3. The number of aromatic nitrogens is 4. The second-order valence-electron chi connectivity index (χ2n) is 23.3. The third-order valence-electron chi connectivity index (χ3n) is 17.6. The smallest absolute Gasteiger partial charge is 0.346 e. The standard InChI is InChI=1S/C74H70N6O2S3/c1-4-6-8-10-12-20-28-59-60(29-21-13-11-9-7-5-2)77-71-58-44-65(63-40-36-52(83-63)41-50(45-75)74(81)82)85-73(58)72-57(70(71)76-59)43-64(84-72)55-38-37-53(68-69(55)79-67(48-25-18-15-19-26-48)66(78-68)47-23-16-14-17-24-47)49-33-39-62-56(42-49)54-27-22-30-61(54)80(62)51-34-31-46(3)32-35-51/h14-19,23-26,31-44,54,61H,4-13,20-22,27-30H2,1-3H3,(H,81,82)/b50-41+. The fourth-order valence-corrected chi connectivity index (χ4v) is 16.8. The highest BCUT2D eigenvalue weighted by molar-refractivity contribution is 7.31. The van der Waals surface area contributed by atoms with Crippen molar-refractivity contribution < 1.29 is 9.90 Å².